The quantitative estimate of drug-likeness (QED) is 0.814. The smallest absolute Gasteiger partial charge is 0.209 e. The number of hydrogen-bond acceptors (Lipinski definition) is 3. The van der Waals surface area contributed by atoms with Gasteiger partial charge in [0.25, 0.3) is 0 Å². The van der Waals surface area contributed by atoms with Crippen LogP contribution in [0.15, 0.2) is 24.3 Å². The minimum absolute atomic E-state index is 0.809. The first-order valence-corrected chi connectivity index (χ1v) is 6.20. The van der Waals surface area contributed by atoms with Crippen LogP contribution in [0.2, 0.25) is 0 Å². The van der Waals surface area contributed by atoms with E-state index < -0.39 is 0 Å². The molecule has 1 aromatic heterocycles. The SMILES string of the molecule is O=CN1CCN(Cc2nc3ccccc3[nH]2)CC1. The molecule has 0 saturated carbocycles. The van der Waals surface area contributed by atoms with E-state index in [1.807, 2.05) is 29.2 Å². The molecule has 94 valence electrons. The number of fused-ring (bicyclic) bond motifs is 1. The number of piperazine rings is 1. The van der Waals surface area contributed by atoms with Crippen molar-refractivity contribution in [3.8, 4) is 0 Å². The van der Waals surface area contributed by atoms with Crippen LogP contribution in [0.3, 0.4) is 0 Å². The summed E-state index contributed by atoms with van der Waals surface area (Å²) in [5.74, 6) is 0.996. The van der Waals surface area contributed by atoms with E-state index in [-0.39, 0.29) is 0 Å². The highest BCUT2D eigenvalue weighted by Gasteiger charge is 2.16. The fraction of sp³-hybridized carbons (Fsp3) is 0.385. The molecule has 2 aromatic rings. The number of carbonyl (C=O) groups is 1. The monoisotopic (exact) mass is 244 g/mol. The van der Waals surface area contributed by atoms with Crippen molar-refractivity contribution in [2.45, 2.75) is 6.54 Å². The lowest BCUT2D eigenvalue weighted by molar-refractivity contribution is -0.119. The van der Waals surface area contributed by atoms with Crippen molar-refractivity contribution >= 4 is 17.4 Å². The minimum Gasteiger partial charge on any atom is -0.343 e. The van der Waals surface area contributed by atoms with Gasteiger partial charge in [0.05, 0.1) is 17.6 Å². The van der Waals surface area contributed by atoms with Crippen molar-refractivity contribution in [2.24, 2.45) is 0 Å². The molecule has 0 atom stereocenters. The molecule has 1 aliphatic rings. The van der Waals surface area contributed by atoms with Crippen LogP contribution in [0.1, 0.15) is 5.82 Å². The van der Waals surface area contributed by atoms with E-state index >= 15 is 0 Å². The average molecular weight is 244 g/mol. The fourth-order valence-electron chi connectivity index (χ4n) is 2.32. The third-order valence-corrected chi connectivity index (χ3v) is 3.37. The number of carbonyl (C=O) groups excluding carboxylic acids is 1. The third kappa shape index (κ3) is 2.22. The number of amides is 1. The number of hydrogen-bond donors (Lipinski definition) is 1. The Kier molecular flexibility index (Phi) is 2.98. The lowest BCUT2D eigenvalue weighted by atomic mass is 10.3. The van der Waals surface area contributed by atoms with E-state index in [0.717, 1.165) is 56.0 Å². The Bertz CT molecular complexity index is 510. The molecule has 0 radical (unpaired) electrons. The number of aromatic amines is 1. The third-order valence-electron chi connectivity index (χ3n) is 3.37. The zero-order chi connectivity index (χ0) is 12.4. The second-order valence-corrected chi connectivity index (χ2v) is 4.62. The van der Waals surface area contributed by atoms with E-state index in [9.17, 15) is 4.79 Å². The topological polar surface area (TPSA) is 52.2 Å². The molecule has 0 unspecified atom stereocenters. The van der Waals surface area contributed by atoms with Gasteiger partial charge in [-0.05, 0) is 12.1 Å². The van der Waals surface area contributed by atoms with Crippen LogP contribution in [-0.2, 0) is 11.3 Å². The maximum atomic E-state index is 10.6. The molecule has 5 heteroatoms. The Balaban J connectivity index is 1.67. The Labute approximate surface area is 105 Å². The highest BCUT2D eigenvalue weighted by molar-refractivity contribution is 5.74. The number of imidazole rings is 1. The molecule has 2 heterocycles. The van der Waals surface area contributed by atoms with Gasteiger partial charge in [-0.3, -0.25) is 9.69 Å². The van der Waals surface area contributed by atoms with Crippen molar-refractivity contribution < 1.29 is 4.79 Å². The van der Waals surface area contributed by atoms with Crippen molar-refractivity contribution in [3.05, 3.63) is 30.1 Å². The number of rotatable bonds is 3. The predicted molar refractivity (Wildman–Crippen MR) is 69.0 cm³/mol. The first kappa shape index (κ1) is 11.2. The summed E-state index contributed by atoms with van der Waals surface area (Å²) in [6.45, 7) is 4.26. The van der Waals surface area contributed by atoms with Crippen LogP contribution in [0.5, 0.6) is 0 Å². The molecule has 5 nitrogen and oxygen atoms in total. The summed E-state index contributed by atoms with van der Waals surface area (Å²) >= 11 is 0. The lowest BCUT2D eigenvalue weighted by Crippen LogP contribution is -2.45. The van der Waals surface area contributed by atoms with Gasteiger partial charge in [-0.1, -0.05) is 12.1 Å². The molecule has 1 aliphatic heterocycles. The zero-order valence-corrected chi connectivity index (χ0v) is 10.2. The summed E-state index contributed by atoms with van der Waals surface area (Å²) in [7, 11) is 0. The van der Waals surface area contributed by atoms with Crippen LogP contribution < -0.4 is 0 Å². The Hall–Kier alpha value is -1.88. The molecule has 1 saturated heterocycles. The molecule has 18 heavy (non-hydrogen) atoms. The summed E-state index contributed by atoms with van der Waals surface area (Å²) in [4.78, 5) is 22.7. The summed E-state index contributed by atoms with van der Waals surface area (Å²) in [6, 6.07) is 8.05. The van der Waals surface area contributed by atoms with Crippen molar-refractivity contribution in [1.82, 2.24) is 19.8 Å². The van der Waals surface area contributed by atoms with Crippen LogP contribution in [0, 0.1) is 0 Å². The van der Waals surface area contributed by atoms with E-state index in [4.69, 9.17) is 0 Å². The summed E-state index contributed by atoms with van der Waals surface area (Å²) < 4.78 is 0. The van der Waals surface area contributed by atoms with Gasteiger partial charge in [0.15, 0.2) is 0 Å². The van der Waals surface area contributed by atoms with E-state index in [1.165, 1.54) is 0 Å². The number of benzene rings is 1. The molecule has 0 aliphatic carbocycles. The molecule has 0 spiro atoms. The molecule has 1 fully saturated rings. The van der Waals surface area contributed by atoms with Gasteiger partial charge in [-0.2, -0.15) is 0 Å². The zero-order valence-electron chi connectivity index (χ0n) is 10.2. The first-order chi connectivity index (χ1) is 8.85. The number of nitrogens with zero attached hydrogens (tertiary/aromatic N) is 3. The number of H-pyrrole nitrogens is 1. The van der Waals surface area contributed by atoms with E-state index in [2.05, 4.69) is 14.9 Å². The van der Waals surface area contributed by atoms with Gasteiger partial charge in [-0.25, -0.2) is 4.98 Å². The Morgan fingerprint density at radius 2 is 2.00 bits per heavy atom. The molecular weight excluding hydrogens is 228 g/mol. The van der Waals surface area contributed by atoms with Gasteiger partial charge in [0.1, 0.15) is 5.82 Å². The minimum atomic E-state index is 0.809. The van der Waals surface area contributed by atoms with Gasteiger partial charge >= 0.3 is 0 Å². The largest absolute Gasteiger partial charge is 0.343 e. The summed E-state index contributed by atoms with van der Waals surface area (Å²) in [5, 5.41) is 0. The molecule has 3 rings (SSSR count). The molecular formula is C13H16N4O. The Morgan fingerprint density at radius 1 is 1.22 bits per heavy atom. The molecule has 1 N–H and O–H groups in total. The number of para-hydroxylation sites is 2. The molecule has 1 aromatic carbocycles. The summed E-state index contributed by atoms with van der Waals surface area (Å²) in [6.07, 6.45) is 0.929. The highest BCUT2D eigenvalue weighted by atomic mass is 16.1. The van der Waals surface area contributed by atoms with Crippen molar-refractivity contribution in [2.75, 3.05) is 26.2 Å². The Morgan fingerprint density at radius 3 is 2.72 bits per heavy atom. The first-order valence-electron chi connectivity index (χ1n) is 6.20. The maximum absolute atomic E-state index is 10.6. The fourth-order valence-corrected chi connectivity index (χ4v) is 2.32. The van der Waals surface area contributed by atoms with Crippen molar-refractivity contribution in [3.63, 3.8) is 0 Å². The standard InChI is InChI=1S/C13H16N4O/c18-10-17-7-5-16(6-8-17)9-13-14-11-3-1-2-4-12(11)15-13/h1-4,10H,5-9H2,(H,14,15). The predicted octanol–water partition coefficient (Wildman–Crippen LogP) is 0.837. The number of nitrogens with one attached hydrogen (secondary N) is 1. The van der Waals surface area contributed by atoms with E-state index in [1.54, 1.807) is 0 Å². The van der Waals surface area contributed by atoms with E-state index in [0.29, 0.717) is 0 Å². The van der Waals surface area contributed by atoms with Crippen LogP contribution in [0.4, 0.5) is 0 Å². The maximum Gasteiger partial charge on any atom is 0.209 e. The van der Waals surface area contributed by atoms with Crippen molar-refractivity contribution in [1.29, 1.82) is 0 Å². The second kappa shape index (κ2) is 4.78. The number of aromatic nitrogens is 2. The lowest BCUT2D eigenvalue weighted by Gasteiger charge is -2.31. The molecule has 0 bridgehead atoms. The normalized spacial score (nSPS) is 17.2. The van der Waals surface area contributed by atoms with Crippen LogP contribution in [-0.4, -0.2) is 52.4 Å². The average Bonchev–Trinajstić information content (AvgIpc) is 2.82. The summed E-state index contributed by atoms with van der Waals surface area (Å²) in [5.41, 5.74) is 2.10. The highest BCUT2D eigenvalue weighted by Crippen LogP contribution is 2.12. The molecule has 1 amide bonds. The van der Waals surface area contributed by atoms with Gasteiger partial charge in [0, 0.05) is 26.2 Å². The van der Waals surface area contributed by atoms with Crippen LogP contribution in [0.25, 0.3) is 11.0 Å². The van der Waals surface area contributed by atoms with Crippen LogP contribution >= 0.6 is 0 Å². The second-order valence-electron chi connectivity index (χ2n) is 4.62. The van der Waals surface area contributed by atoms with Gasteiger partial charge in [-0.15, -0.1) is 0 Å². The van der Waals surface area contributed by atoms with Gasteiger partial charge in [0.2, 0.25) is 6.41 Å². The van der Waals surface area contributed by atoms with Gasteiger partial charge < -0.3 is 9.88 Å².